The van der Waals surface area contributed by atoms with E-state index in [1.54, 1.807) is 7.11 Å². The van der Waals surface area contributed by atoms with Gasteiger partial charge >= 0.3 is 0 Å². The van der Waals surface area contributed by atoms with Gasteiger partial charge in [0.15, 0.2) is 17.1 Å². The predicted octanol–water partition coefficient (Wildman–Crippen LogP) is 4.49. The highest BCUT2D eigenvalue weighted by molar-refractivity contribution is 7.99. The lowest BCUT2D eigenvalue weighted by molar-refractivity contribution is -0.113. The van der Waals surface area contributed by atoms with Gasteiger partial charge in [0, 0.05) is 18.3 Å². The Hall–Kier alpha value is -3.00. The van der Waals surface area contributed by atoms with Crippen molar-refractivity contribution in [3.8, 4) is 11.5 Å². The number of carbonyl (C=O) groups excluding carboxylic acids is 1. The molecule has 3 rings (SSSR count). The fourth-order valence-electron chi connectivity index (χ4n) is 2.99. The van der Waals surface area contributed by atoms with Crippen LogP contribution >= 0.6 is 11.8 Å². The number of thioether (sulfide) groups is 1. The second kappa shape index (κ2) is 10.2. The van der Waals surface area contributed by atoms with E-state index in [-0.39, 0.29) is 17.8 Å². The number of nitrogens with one attached hydrogen (secondary N) is 1. The lowest BCUT2D eigenvalue weighted by Gasteiger charge is -2.16. The molecule has 1 N–H and O–H groups in total. The van der Waals surface area contributed by atoms with Gasteiger partial charge in [-0.1, -0.05) is 30.0 Å². The number of anilines is 1. The Morgan fingerprint density at radius 1 is 1.17 bits per heavy atom. The number of aryl methyl sites for hydroxylation is 1. The lowest BCUT2D eigenvalue weighted by Crippen LogP contribution is -2.15. The van der Waals surface area contributed by atoms with Crippen LogP contribution in [0.2, 0.25) is 0 Å². The maximum Gasteiger partial charge on any atom is 0.234 e. The summed E-state index contributed by atoms with van der Waals surface area (Å²) < 4.78 is 13.2. The van der Waals surface area contributed by atoms with Crippen LogP contribution in [0.4, 0.5) is 5.69 Å². The Morgan fingerprint density at radius 2 is 1.93 bits per heavy atom. The van der Waals surface area contributed by atoms with Crippen LogP contribution < -0.4 is 14.8 Å². The average Bonchev–Trinajstić information content (AvgIpc) is 3.15. The van der Waals surface area contributed by atoms with Crippen molar-refractivity contribution in [2.45, 2.75) is 38.6 Å². The predicted molar refractivity (Wildman–Crippen MR) is 118 cm³/mol. The number of benzene rings is 2. The number of nitrogens with zero attached hydrogens (tertiary/aromatic N) is 3. The van der Waals surface area contributed by atoms with Crippen molar-refractivity contribution in [3.63, 3.8) is 0 Å². The highest BCUT2D eigenvalue weighted by Crippen LogP contribution is 2.26. The molecule has 0 fully saturated rings. The third-order valence-corrected chi connectivity index (χ3v) is 5.38. The SMILES string of the molecule is CCn1c(SCC(=O)Nc2cccc(C)c2)nnc1C(C)Oc1cccc(OC)c1. The molecule has 158 valence electrons. The Kier molecular flexibility index (Phi) is 7.35. The Labute approximate surface area is 180 Å². The molecule has 0 aliphatic rings. The second-order valence-corrected chi connectivity index (χ2v) is 7.67. The standard InChI is InChI=1S/C22H26N4O3S/c1-5-26-21(16(3)29-19-11-7-10-18(13-19)28-4)24-25-22(26)30-14-20(27)23-17-9-6-8-15(2)12-17/h6-13,16H,5,14H2,1-4H3,(H,23,27). The summed E-state index contributed by atoms with van der Waals surface area (Å²) in [4.78, 5) is 12.3. The zero-order valence-corrected chi connectivity index (χ0v) is 18.4. The van der Waals surface area contributed by atoms with Crippen molar-refractivity contribution in [1.29, 1.82) is 0 Å². The quantitative estimate of drug-likeness (QED) is 0.508. The maximum absolute atomic E-state index is 12.3. The van der Waals surface area contributed by atoms with Gasteiger partial charge in [-0.15, -0.1) is 10.2 Å². The first-order valence-electron chi connectivity index (χ1n) is 9.73. The molecule has 8 heteroatoms. The lowest BCUT2D eigenvalue weighted by atomic mass is 10.2. The molecule has 0 aliphatic heterocycles. The molecule has 0 spiro atoms. The Bertz CT molecular complexity index is 1010. The van der Waals surface area contributed by atoms with Crippen LogP contribution in [-0.2, 0) is 11.3 Å². The first-order valence-corrected chi connectivity index (χ1v) is 10.7. The normalized spacial score (nSPS) is 11.7. The van der Waals surface area contributed by atoms with Gasteiger partial charge in [0.2, 0.25) is 5.91 Å². The number of aromatic nitrogens is 3. The molecule has 0 saturated carbocycles. The minimum absolute atomic E-state index is 0.0847. The van der Waals surface area contributed by atoms with Crippen LogP contribution in [0.15, 0.2) is 53.7 Å². The Morgan fingerprint density at radius 3 is 2.67 bits per heavy atom. The zero-order chi connectivity index (χ0) is 21.5. The number of hydrogen-bond donors (Lipinski definition) is 1. The van der Waals surface area contributed by atoms with Crippen LogP contribution in [0.25, 0.3) is 0 Å². The van der Waals surface area contributed by atoms with Crippen molar-refractivity contribution in [2.75, 3.05) is 18.2 Å². The zero-order valence-electron chi connectivity index (χ0n) is 17.6. The van der Waals surface area contributed by atoms with Gasteiger partial charge in [0.25, 0.3) is 0 Å². The van der Waals surface area contributed by atoms with Crippen molar-refractivity contribution in [1.82, 2.24) is 14.8 Å². The molecule has 3 aromatic rings. The van der Waals surface area contributed by atoms with E-state index in [0.29, 0.717) is 23.3 Å². The molecule has 1 heterocycles. The van der Waals surface area contributed by atoms with Gasteiger partial charge in [-0.25, -0.2) is 0 Å². The van der Waals surface area contributed by atoms with Gasteiger partial charge < -0.3 is 19.4 Å². The minimum atomic E-state index is -0.306. The first-order chi connectivity index (χ1) is 14.5. The molecular weight excluding hydrogens is 400 g/mol. The maximum atomic E-state index is 12.3. The molecule has 1 atom stereocenters. The molecule has 2 aromatic carbocycles. The van der Waals surface area contributed by atoms with Gasteiger partial charge in [-0.2, -0.15) is 0 Å². The molecule has 30 heavy (non-hydrogen) atoms. The van der Waals surface area contributed by atoms with E-state index in [0.717, 1.165) is 17.0 Å². The average molecular weight is 427 g/mol. The highest BCUT2D eigenvalue weighted by atomic mass is 32.2. The molecule has 1 amide bonds. The molecular formula is C22H26N4O3S. The number of rotatable bonds is 9. The summed E-state index contributed by atoms with van der Waals surface area (Å²) in [5.74, 6) is 2.30. The van der Waals surface area contributed by atoms with Crippen molar-refractivity contribution in [2.24, 2.45) is 0 Å². The van der Waals surface area contributed by atoms with Gasteiger partial charge in [0.1, 0.15) is 11.5 Å². The van der Waals surface area contributed by atoms with E-state index in [9.17, 15) is 4.79 Å². The van der Waals surface area contributed by atoms with E-state index in [2.05, 4.69) is 15.5 Å². The number of amides is 1. The minimum Gasteiger partial charge on any atom is -0.497 e. The number of hydrogen-bond acceptors (Lipinski definition) is 6. The van der Waals surface area contributed by atoms with Crippen LogP contribution in [0.1, 0.15) is 31.3 Å². The molecule has 7 nitrogen and oxygen atoms in total. The highest BCUT2D eigenvalue weighted by Gasteiger charge is 2.19. The molecule has 0 bridgehead atoms. The third-order valence-electron chi connectivity index (χ3n) is 4.41. The van der Waals surface area contributed by atoms with E-state index in [4.69, 9.17) is 9.47 Å². The summed E-state index contributed by atoms with van der Waals surface area (Å²) in [5, 5.41) is 12.2. The molecule has 1 aromatic heterocycles. The van der Waals surface area contributed by atoms with Crippen molar-refractivity contribution in [3.05, 3.63) is 59.9 Å². The topological polar surface area (TPSA) is 78.3 Å². The third kappa shape index (κ3) is 5.54. The van der Waals surface area contributed by atoms with Crippen LogP contribution in [0.3, 0.4) is 0 Å². The summed E-state index contributed by atoms with van der Waals surface area (Å²) >= 11 is 1.36. The van der Waals surface area contributed by atoms with E-state index < -0.39 is 0 Å². The number of carbonyl (C=O) groups is 1. The van der Waals surface area contributed by atoms with Gasteiger partial charge in [0.05, 0.1) is 12.9 Å². The van der Waals surface area contributed by atoms with E-state index >= 15 is 0 Å². The van der Waals surface area contributed by atoms with Crippen LogP contribution in [0, 0.1) is 6.92 Å². The van der Waals surface area contributed by atoms with E-state index in [1.807, 2.05) is 73.9 Å². The van der Waals surface area contributed by atoms with Crippen molar-refractivity contribution < 1.29 is 14.3 Å². The van der Waals surface area contributed by atoms with Gasteiger partial charge in [-0.3, -0.25) is 4.79 Å². The largest absolute Gasteiger partial charge is 0.497 e. The Balaban J connectivity index is 1.63. The fraction of sp³-hybridized carbons (Fsp3) is 0.318. The summed E-state index contributed by atoms with van der Waals surface area (Å²) in [7, 11) is 1.62. The summed E-state index contributed by atoms with van der Waals surface area (Å²) in [5.41, 5.74) is 1.89. The second-order valence-electron chi connectivity index (χ2n) is 6.73. The molecule has 0 saturated heterocycles. The molecule has 1 unspecified atom stereocenters. The summed E-state index contributed by atoms with van der Waals surface area (Å²) in [6, 6.07) is 15.2. The molecule has 0 aliphatic carbocycles. The summed E-state index contributed by atoms with van der Waals surface area (Å²) in [6.07, 6.45) is -0.306. The van der Waals surface area contributed by atoms with Gasteiger partial charge in [-0.05, 0) is 50.6 Å². The molecule has 0 radical (unpaired) electrons. The summed E-state index contributed by atoms with van der Waals surface area (Å²) in [6.45, 7) is 6.61. The smallest absolute Gasteiger partial charge is 0.234 e. The fourth-order valence-corrected chi connectivity index (χ4v) is 3.80. The number of ether oxygens (including phenoxy) is 2. The number of methoxy groups -OCH3 is 1. The van der Waals surface area contributed by atoms with Crippen LogP contribution in [-0.4, -0.2) is 33.5 Å². The van der Waals surface area contributed by atoms with E-state index in [1.165, 1.54) is 11.8 Å². The first kappa shape index (κ1) is 21.7. The van der Waals surface area contributed by atoms with Crippen LogP contribution in [0.5, 0.6) is 11.5 Å². The van der Waals surface area contributed by atoms with Crippen molar-refractivity contribution >= 4 is 23.4 Å². The monoisotopic (exact) mass is 426 g/mol.